The molecule has 0 N–H and O–H groups in total. The van der Waals surface area contributed by atoms with Gasteiger partial charge in [-0.3, -0.25) is 0 Å². The van der Waals surface area contributed by atoms with E-state index in [0.717, 1.165) is 32.1 Å². The first-order valence-corrected chi connectivity index (χ1v) is 5.93. The van der Waals surface area contributed by atoms with Gasteiger partial charge in [-0.1, -0.05) is 24.6 Å². The van der Waals surface area contributed by atoms with Crippen molar-refractivity contribution in [1.82, 2.24) is 0 Å². The lowest BCUT2D eigenvalue weighted by Gasteiger charge is -2.07. The molecular formula is C14H15FO2. The first-order valence-electron chi connectivity index (χ1n) is 5.93. The van der Waals surface area contributed by atoms with E-state index in [0.29, 0.717) is 5.57 Å². The van der Waals surface area contributed by atoms with Crippen molar-refractivity contribution in [1.29, 1.82) is 0 Å². The highest BCUT2D eigenvalue weighted by Crippen LogP contribution is 2.21. The predicted molar refractivity (Wildman–Crippen MR) is 63.2 cm³/mol. The third-order valence-electron chi connectivity index (χ3n) is 2.84. The largest absolute Gasteiger partial charge is 0.420 e. The van der Waals surface area contributed by atoms with Gasteiger partial charge in [-0.25, -0.2) is 9.18 Å². The molecule has 0 fully saturated rings. The molecule has 0 spiro atoms. The summed E-state index contributed by atoms with van der Waals surface area (Å²) in [6, 6.07) is 5.96. The molecule has 0 aromatic heterocycles. The lowest BCUT2D eigenvalue weighted by atomic mass is 10.1. The van der Waals surface area contributed by atoms with Crippen LogP contribution in [0.1, 0.15) is 32.1 Å². The van der Waals surface area contributed by atoms with Crippen LogP contribution in [0.25, 0.3) is 0 Å². The van der Waals surface area contributed by atoms with E-state index in [-0.39, 0.29) is 5.75 Å². The molecule has 17 heavy (non-hydrogen) atoms. The Bertz CT molecular complexity index is 438. The molecular weight excluding hydrogens is 219 g/mol. The summed E-state index contributed by atoms with van der Waals surface area (Å²) in [6.45, 7) is 0. The highest BCUT2D eigenvalue weighted by Gasteiger charge is 2.15. The summed E-state index contributed by atoms with van der Waals surface area (Å²) in [5.41, 5.74) is 0.672. The molecule has 1 aromatic carbocycles. The molecule has 0 heterocycles. The summed E-state index contributed by atoms with van der Waals surface area (Å²) in [5.74, 6) is -0.922. The number of para-hydroxylation sites is 1. The number of carbonyl (C=O) groups is 1. The smallest absolute Gasteiger partial charge is 0.339 e. The SMILES string of the molecule is O=C(Oc1ccccc1F)C1=CCCCCC1. The van der Waals surface area contributed by atoms with Crippen molar-refractivity contribution in [3.8, 4) is 5.75 Å². The molecule has 0 bridgehead atoms. The Balaban J connectivity index is 2.06. The Labute approximate surface area is 100 Å². The van der Waals surface area contributed by atoms with Crippen molar-refractivity contribution in [3.63, 3.8) is 0 Å². The maximum Gasteiger partial charge on any atom is 0.339 e. The van der Waals surface area contributed by atoms with E-state index < -0.39 is 11.8 Å². The van der Waals surface area contributed by atoms with E-state index in [1.807, 2.05) is 6.08 Å². The van der Waals surface area contributed by atoms with Crippen LogP contribution in [0.15, 0.2) is 35.9 Å². The van der Waals surface area contributed by atoms with E-state index in [1.165, 1.54) is 12.1 Å². The van der Waals surface area contributed by atoms with E-state index in [2.05, 4.69) is 0 Å². The Morgan fingerprint density at radius 2 is 2.00 bits per heavy atom. The molecule has 0 atom stereocenters. The number of allylic oxidation sites excluding steroid dienone is 1. The minimum Gasteiger partial charge on any atom is -0.420 e. The van der Waals surface area contributed by atoms with Gasteiger partial charge in [0.25, 0.3) is 0 Å². The molecule has 1 aliphatic rings. The normalized spacial score (nSPS) is 15.9. The van der Waals surface area contributed by atoms with Gasteiger partial charge in [0, 0.05) is 5.57 Å². The average molecular weight is 234 g/mol. The average Bonchev–Trinajstić information content (AvgIpc) is 2.61. The van der Waals surface area contributed by atoms with Crippen LogP contribution < -0.4 is 4.74 Å². The molecule has 90 valence electrons. The second kappa shape index (κ2) is 5.62. The molecule has 0 aliphatic heterocycles. The standard InChI is InChI=1S/C14H15FO2/c15-12-9-5-6-10-13(12)17-14(16)11-7-3-1-2-4-8-11/h5-7,9-10H,1-4,8H2. The van der Waals surface area contributed by atoms with Gasteiger partial charge in [-0.05, 0) is 37.8 Å². The predicted octanol–water partition coefficient (Wildman–Crippen LogP) is 3.62. The summed E-state index contributed by atoms with van der Waals surface area (Å²) in [7, 11) is 0. The summed E-state index contributed by atoms with van der Waals surface area (Å²) in [4.78, 5) is 11.8. The van der Waals surface area contributed by atoms with Crippen LogP contribution in [0.2, 0.25) is 0 Å². The van der Waals surface area contributed by atoms with Crippen LogP contribution in [0.4, 0.5) is 4.39 Å². The second-order valence-electron chi connectivity index (χ2n) is 4.15. The topological polar surface area (TPSA) is 26.3 Å². The first kappa shape index (κ1) is 11.8. The number of ether oxygens (including phenoxy) is 1. The summed E-state index contributed by atoms with van der Waals surface area (Å²) < 4.78 is 18.4. The molecule has 0 unspecified atom stereocenters. The van der Waals surface area contributed by atoms with Gasteiger partial charge in [-0.2, -0.15) is 0 Å². The number of carbonyl (C=O) groups excluding carboxylic acids is 1. The Morgan fingerprint density at radius 3 is 2.82 bits per heavy atom. The van der Waals surface area contributed by atoms with Crippen LogP contribution in [-0.4, -0.2) is 5.97 Å². The molecule has 0 radical (unpaired) electrons. The Kier molecular flexibility index (Phi) is 3.91. The third-order valence-corrected chi connectivity index (χ3v) is 2.84. The van der Waals surface area contributed by atoms with Gasteiger partial charge in [0.15, 0.2) is 11.6 Å². The third kappa shape index (κ3) is 3.16. The van der Waals surface area contributed by atoms with E-state index in [9.17, 15) is 9.18 Å². The molecule has 1 aliphatic carbocycles. The zero-order valence-electron chi connectivity index (χ0n) is 9.62. The molecule has 0 amide bonds. The first-order chi connectivity index (χ1) is 8.27. The minimum absolute atomic E-state index is 0.00245. The zero-order valence-corrected chi connectivity index (χ0v) is 9.62. The van der Waals surface area contributed by atoms with Crippen molar-refractivity contribution in [2.75, 3.05) is 0 Å². The lowest BCUT2D eigenvalue weighted by Crippen LogP contribution is -2.12. The summed E-state index contributed by atoms with van der Waals surface area (Å²) in [6.07, 6.45) is 6.78. The number of esters is 1. The number of hydrogen-bond donors (Lipinski definition) is 0. The highest BCUT2D eigenvalue weighted by atomic mass is 19.1. The van der Waals surface area contributed by atoms with Gasteiger partial charge < -0.3 is 4.74 Å². The summed E-state index contributed by atoms with van der Waals surface area (Å²) in [5, 5.41) is 0. The van der Waals surface area contributed by atoms with Crippen molar-refractivity contribution in [2.45, 2.75) is 32.1 Å². The monoisotopic (exact) mass is 234 g/mol. The van der Waals surface area contributed by atoms with Gasteiger partial charge in [0.1, 0.15) is 0 Å². The van der Waals surface area contributed by atoms with Crippen molar-refractivity contribution >= 4 is 5.97 Å². The fourth-order valence-corrected chi connectivity index (χ4v) is 1.89. The zero-order chi connectivity index (χ0) is 12.1. The van der Waals surface area contributed by atoms with Crippen LogP contribution in [0.3, 0.4) is 0 Å². The quantitative estimate of drug-likeness (QED) is 0.577. The minimum atomic E-state index is -0.505. The molecule has 1 aromatic rings. The molecule has 0 saturated heterocycles. The van der Waals surface area contributed by atoms with Gasteiger partial charge in [-0.15, -0.1) is 0 Å². The van der Waals surface area contributed by atoms with E-state index in [4.69, 9.17) is 4.74 Å². The van der Waals surface area contributed by atoms with Crippen molar-refractivity contribution < 1.29 is 13.9 Å². The van der Waals surface area contributed by atoms with E-state index in [1.54, 1.807) is 12.1 Å². The summed E-state index contributed by atoms with van der Waals surface area (Å²) >= 11 is 0. The maximum atomic E-state index is 13.3. The lowest BCUT2D eigenvalue weighted by molar-refractivity contribution is -0.130. The van der Waals surface area contributed by atoms with Crippen LogP contribution in [-0.2, 0) is 4.79 Å². The van der Waals surface area contributed by atoms with Crippen molar-refractivity contribution in [2.24, 2.45) is 0 Å². The molecule has 2 rings (SSSR count). The fraction of sp³-hybridized carbons (Fsp3) is 0.357. The van der Waals surface area contributed by atoms with Crippen LogP contribution in [0, 0.1) is 5.82 Å². The number of rotatable bonds is 2. The van der Waals surface area contributed by atoms with Crippen LogP contribution >= 0.6 is 0 Å². The number of hydrogen-bond acceptors (Lipinski definition) is 2. The highest BCUT2D eigenvalue weighted by molar-refractivity contribution is 5.90. The van der Waals surface area contributed by atoms with Crippen LogP contribution in [0.5, 0.6) is 5.75 Å². The molecule has 3 heteroatoms. The maximum absolute atomic E-state index is 13.3. The van der Waals surface area contributed by atoms with Gasteiger partial charge >= 0.3 is 5.97 Å². The Hall–Kier alpha value is -1.64. The van der Waals surface area contributed by atoms with Gasteiger partial charge in [0.05, 0.1) is 0 Å². The second-order valence-corrected chi connectivity index (χ2v) is 4.15. The Morgan fingerprint density at radius 1 is 1.18 bits per heavy atom. The fourth-order valence-electron chi connectivity index (χ4n) is 1.89. The van der Waals surface area contributed by atoms with Gasteiger partial charge in [0.2, 0.25) is 0 Å². The molecule has 0 saturated carbocycles. The number of halogens is 1. The van der Waals surface area contributed by atoms with Crippen molar-refractivity contribution in [3.05, 3.63) is 41.7 Å². The molecule has 2 nitrogen and oxygen atoms in total. The van der Waals surface area contributed by atoms with E-state index >= 15 is 0 Å². The number of benzene rings is 1.